The van der Waals surface area contributed by atoms with Crippen molar-refractivity contribution >= 4 is 17.3 Å². The minimum atomic E-state index is -0.563. The van der Waals surface area contributed by atoms with E-state index >= 15 is 0 Å². The van der Waals surface area contributed by atoms with Crippen LogP contribution >= 0.6 is 0 Å². The number of hydrogen-bond donors (Lipinski definition) is 1. The summed E-state index contributed by atoms with van der Waals surface area (Å²) in [5.41, 5.74) is 6.24. The largest absolute Gasteiger partial charge is 0.462 e. The predicted octanol–water partition coefficient (Wildman–Crippen LogP) is 2.47. The van der Waals surface area contributed by atoms with Gasteiger partial charge < -0.3 is 15.4 Å². The summed E-state index contributed by atoms with van der Waals surface area (Å²) in [5.74, 6) is -1.04. The van der Waals surface area contributed by atoms with Crippen LogP contribution in [0.2, 0.25) is 0 Å². The van der Waals surface area contributed by atoms with E-state index in [0.717, 1.165) is 18.9 Å². The van der Waals surface area contributed by atoms with E-state index in [1.165, 1.54) is 6.07 Å². The van der Waals surface area contributed by atoms with Crippen molar-refractivity contribution in [3.8, 4) is 6.07 Å². The van der Waals surface area contributed by atoms with Gasteiger partial charge in [-0.25, -0.2) is 9.18 Å². The van der Waals surface area contributed by atoms with E-state index in [0.29, 0.717) is 18.7 Å². The summed E-state index contributed by atoms with van der Waals surface area (Å²) in [5, 5.41) is 8.73. The molecule has 6 heteroatoms. The minimum Gasteiger partial charge on any atom is -0.462 e. The summed E-state index contributed by atoms with van der Waals surface area (Å²) in [6.07, 6.45) is 2.23. The average molecular weight is 291 g/mol. The molecule has 0 heterocycles. The number of esters is 1. The van der Waals surface area contributed by atoms with Crippen LogP contribution in [-0.4, -0.2) is 25.2 Å². The van der Waals surface area contributed by atoms with Crippen LogP contribution < -0.4 is 10.6 Å². The Kier molecular flexibility index (Phi) is 4.63. The van der Waals surface area contributed by atoms with Crippen LogP contribution in [0, 0.1) is 17.1 Å². The van der Waals surface area contributed by atoms with Crippen LogP contribution in [0.25, 0.3) is 0 Å². The van der Waals surface area contributed by atoms with Gasteiger partial charge in [-0.3, -0.25) is 0 Å². The molecule has 0 radical (unpaired) electrons. The summed E-state index contributed by atoms with van der Waals surface area (Å²) in [4.78, 5) is 13.7. The summed E-state index contributed by atoms with van der Waals surface area (Å²) in [6, 6.07) is 4.86. The molecule has 1 saturated carbocycles. The number of carbonyl (C=O) groups excluding carboxylic acids is 1. The van der Waals surface area contributed by atoms with E-state index in [9.17, 15) is 9.18 Å². The molecule has 1 aliphatic rings. The lowest BCUT2D eigenvalue weighted by molar-refractivity contribution is 0.0527. The third-order valence-electron chi connectivity index (χ3n) is 3.38. The van der Waals surface area contributed by atoms with Crippen LogP contribution in [-0.2, 0) is 4.74 Å². The Morgan fingerprint density at radius 1 is 1.57 bits per heavy atom. The van der Waals surface area contributed by atoms with Gasteiger partial charge in [0.15, 0.2) is 0 Å². The Morgan fingerprint density at radius 3 is 2.86 bits per heavy atom. The Balaban J connectivity index is 2.35. The maximum Gasteiger partial charge on any atom is 0.340 e. The second-order valence-corrected chi connectivity index (χ2v) is 4.94. The first kappa shape index (κ1) is 15.1. The van der Waals surface area contributed by atoms with Gasteiger partial charge in [0.1, 0.15) is 5.82 Å². The number of nitrogen functional groups attached to an aromatic ring is 1. The molecule has 0 unspecified atom stereocenters. The van der Waals surface area contributed by atoms with Gasteiger partial charge in [0.2, 0.25) is 0 Å². The van der Waals surface area contributed by atoms with Crippen LogP contribution in [0.3, 0.4) is 0 Å². The molecule has 0 saturated heterocycles. The van der Waals surface area contributed by atoms with Crippen LogP contribution in [0.4, 0.5) is 15.8 Å². The summed E-state index contributed by atoms with van der Waals surface area (Å²) in [7, 11) is 0. The number of rotatable bonds is 6. The molecular formula is C15H18FN3O2. The zero-order valence-electron chi connectivity index (χ0n) is 11.9. The van der Waals surface area contributed by atoms with Crippen LogP contribution in [0.15, 0.2) is 12.1 Å². The fourth-order valence-electron chi connectivity index (χ4n) is 2.24. The van der Waals surface area contributed by atoms with Crippen molar-refractivity contribution in [3.63, 3.8) is 0 Å². The first-order chi connectivity index (χ1) is 10.1. The molecule has 1 aromatic rings. The van der Waals surface area contributed by atoms with E-state index in [-0.39, 0.29) is 23.9 Å². The van der Waals surface area contributed by atoms with Gasteiger partial charge >= 0.3 is 5.97 Å². The molecule has 0 spiro atoms. The number of nitrogens with zero attached hydrogens (tertiary/aromatic N) is 2. The highest BCUT2D eigenvalue weighted by Gasteiger charge is 2.31. The van der Waals surface area contributed by atoms with Crippen molar-refractivity contribution < 1.29 is 13.9 Å². The molecule has 2 rings (SSSR count). The highest BCUT2D eigenvalue weighted by molar-refractivity contribution is 5.96. The predicted molar refractivity (Wildman–Crippen MR) is 77.4 cm³/mol. The minimum absolute atomic E-state index is 0.0609. The Labute approximate surface area is 123 Å². The number of ether oxygens (including phenoxy) is 1. The van der Waals surface area contributed by atoms with E-state index in [4.69, 9.17) is 15.7 Å². The standard InChI is InChI=1S/C15H18FN3O2/c1-2-21-15(20)11-8-14(12(16)9-13(11)18)19(7-3-6-17)10-4-5-10/h8-10H,2-5,7,18H2,1H3. The molecule has 2 N–H and O–H groups in total. The number of hydrogen-bond acceptors (Lipinski definition) is 5. The van der Waals surface area contributed by atoms with Crippen molar-refractivity contribution in [3.05, 3.63) is 23.5 Å². The number of nitrogens with two attached hydrogens (primary N) is 1. The maximum atomic E-state index is 14.2. The molecule has 1 fully saturated rings. The lowest BCUT2D eigenvalue weighted by atomic mass is 10.1. The normalized spacial score (nSPS) is 13.6. The number of halogens is 1. The van der Waals surface area contributed by atoms with E-state index < -0.39 is 11.8 Å². The number of nitriles is 1. The van der Waals surface area contributed by atoms with Crippen LogP contribution in [0.5, 0.6) is 0 Å². The second-order valence-electron chi connectivity index (χ2n) is 4.94. The summed E-state index contributed by atoms with van der Waals surface area (Å²) >= 11 is 0. The number of anilines is 2. The SMILES string of the molecule is CCOC(=O)c1cc(N(CCC#N)C2CC2)c(F)cc1N. The third-order valence-corrected chi connectivity index (χ3v) is 3.38. The molecule has 0 aliphatic heterocycles. The number of benzene rings is 1. The summed E-state index contributed by atoms with van der Waals surface area (Å²) < 4.78 is 19.1. The van der Waals surface area contributed by atoms with Gasteiger partial charge in [0.25, 0.3) is 0 Å². The molecule has 5 nitrogen and oxygen atoms in total. The molecule has 1 aromatic carbocycles. The second kappa shape index (κ2) is 6.44. The molecule has 21 heavy (non-hydrogen) atoms. The van der Waals surface area contributed by atoms with Crippen molar-refractivity contribution in [2.24, 2.45) is 0 Å². The monoisotopic (exact) mass is 291 g/mol. The zero-order valence-corrected chi connectivity index (χ0v) is 11.9. The van der Waals surface area contributed by atoms with E-state index in [2.05, 4.69) is 6.07 Å². The molecule has 0 atom stereocenters. The Hall–Kier alpha value is -2.29. The fourth-order valence-corrected chi connectivity index (χ4v) is 2.24. The van der Waals surface area contributed by atoms with Crippen molar-refractivity contribution in [2.75, 3.05) is 23.8 Å². The quantitative estimate of drug-likeness (QED) is 0.643. The summed E-state index contributed by atoms with van der Waals surface area (Å²) in [6.45, 7) is 2.36. The molecule has 0 aromatic heterocycles. The van der Waals surface area contributed by atoms with Crippen LogP contribution in [0.1, 0.15) is 36.5 Å². The Morgan fingerprint density at radius 2 is 2.29 bits per heavy atom. The lowest BCUT2D eigenvalue weighted by Crippen LogP contribution is -2.28. The fraction of sp³-hybridized carbons (Fsp3) is 0.467. The van der Waals surface area contributed by atoms with Gasteiger partial charge in [0, 0.05) is 18.3 Å². The third kappa shape index (κ3) is 3.43. The maximum absolute atomic E-state index is 14.2. The molecule has 0 bridgehead atoms. The van der Waals surface area contributed by atoms with Gasteiger partial charge in [-0.2, -0.15) is 5.26 Å². The van der Waals surface area contributed by atoms with Gasteiger partial charge in [0.05, 0.1) is 30.3 Å². The highest BCUT2D eigenvalue weighted by Crippen LogP contribution is 2.35. The first-order valence-corrected chi connectivity index (χ1v) is 6.98. The number of carbonyl (C=O) groups is 1. The topological polar surface area (TPSA) is 79.3 Å². The molecule has 0 amide bonds. The highest BCUT2D eigenvalue weighted by atomic mass is 19.1. The molecular weight excluding hydrogens is 273 g/mol. The zero-order chi connectivity index (χ0) is 15.4. The first-order valence-electron chi connectivity index (χ1n) is 6.98. The molecule has 112 valence electrons. The van der Waals surface area contributed by atoms with Crippen molar-refractivity contribution in [1.82, 2.24) is 0 Å². The van der Waals surface area contributed by atoms with Crippen molar-refractivity contribution in [2.45, 2.75) is 32.2 Å². The van der Waals surface area contributed by atoms with Gasteiger partial charge in [-0.1, -0.05) is 0 Å². The molecule has 1 aliphatic carbocycles. The van der Waals surface area contributed by atoms with Crippen molar-refractivity contribution in [1.29, 1.82) is 5.26 Å². The van der Waals surface area contributed by atoms with Gasteiger partial charge in [-0.15, -0.1) is 0 Å². The van der Waals surface area contributed by atoms with E-state index in [1.54, 1.807) is 6.92 Å². The smallest absolute Gasteiger partial charge is 0.340 e. The lowest BCUT2D eigenvalue weighted by Gasteiger charge is -2.25. The average Bonchev–Trinajstić information content (AvgIpc) is 3.26. The van der Waals surface area contributed by atoms with E-state index in [1.807, 2.05) is 4.90 Å². The Bertz CT molecular complexity index is 579. The van der Waals surface area contributed by atoms with Gasteiger partial charge in [-0.05, 0) is 31.9 Å².